The van der Waals surface area contributed by atoms with Gasteiger partial charge in [0, 0.05) is 30.7 Å². The highest BCUT2D eigenvalue weighted by atomic mass is 16.1. The van der Waals surface area contributed by atoms with Crippen LogP contribution in [0, 0.1) is 0 Å². The second-order valence-corrected chi connectivity index (χ2v) is 5.51. The summed E-state index contributed by atoms with van der Waals surface area (Å²) in [6, 6.07) is 13.5. The molecule has 0 radical (unpaired) electrons. The van der Waals surface area contributed by atoms with E-state index in [1.54, 1.807) is 18.5 Å². The number of aromatic nitrogens is 3. The molecule has 0 fully saturated rings. The first-order valence-electron chi connectivity index (χ1n) is 8.09. The zero-order valence-corrected chi connectivity index (χ0v) is 13.9. The second-order valence-electron chi connectivity index (χ2n) is 5.51. The van der Waals surface area contributed by atoms with Crippen LogP contribution in [0.15, 0.2) is 61.2 Å². The van der Waals surface area contributed by atoms with Gasteiger partial charge >= 0.3 is 0 Å². The molecule has 2 N–H and O–H groups in total. The summed E-state index contributed by atoms with van der Waals surface area (Å²) in [6.45, 7) is 2.52. The topological polar surface area (TPSA) is 79.8 Å². The number of carbonyl (C=O) groups excluding carboxylic acids is 1. The van der Waals surface area contributed by atoms with Crippen molar-refractivity contribution in [3.8, 4) is 0 Å². The van der Waals surface area contributed by atoms with Gasteiger partial charge in [-0.1, -0.05) is 25.1 Å². The van der Waals surface area contributed by atoms with Crippen LogP contribution < -0.4 is 10.6 Å². The third-order valence-electron chi connectivity index (χ3n) is 3.71. The molecule has 0 spiro atoms. The Hall–Kier alpha value is -3.28. The van der Waals surface area contributed by atoms with E-state index in [0.29, 0.717) is 18.1 Å². The molecule has 0 bridgehead atoms. The molecule has 25 heavy (non-hydrogen) atoms. The summed E-state index contributed by atoms with van der Waals surface area (Å²) in [7, 11) is 0. The van der Waals surface area contributed by atoms with E-state index in [-0.39, 0.29) is 5.91 Å². The number of amides is 1. The van der Waals surface area contributed by atoms with Gasteiger partial charge in [-0.05, 0) is 35.7 Å². The molecular weight excluding hydrogens is 314 g/mol. The van der Waals surface area contributed by atoms with Crippen molar-refractivity contribution in [1.29, 1.82) is 0 Å². The van der Waals surface area contributed by atoms with E-state index in [0.717, 1.165) is 17.7 Å². The van der Waals surface area contributed by atoms with E-state index in [9.17, 15) is 4.79 Å². The Morgan fingerprint density at radius 3 is 2.64 bits per heavy atom. The fourth-order valence-electron chi connectivity index (χ4n) is 2.30. The molecule has 126 valence electrons. The van der Waals surface area contributed by atoms with E-state index in [2.05, 4.69) is 44.6 Å². The molecule has 3 rings (SSSR count). The molecule has 0 aliphatic carbocycles. The van der Waals surface area contributed by atoms with Crippen molar-refractivity contribution in [2.45, 2.75) is 19.9 Å². The van der Waals surface area contributed by atoms with Crippen molar-refractivity contribution in [1.82, 2.24) is 20.3 Å². The number of nitrogens with zero attached hydrogens (tertiary/aromatic N) is 3. The molecule has 6 heteroatoms. The highest BCUT2D eigenvalue weighted by molar-refractivity contribution is 5.92. The molecule has 1 aromatic carbocycles. The first-order chi connectivity index (χ1) is 12.2. The number of pyridine rings is 1. The number of carbonyl (C=O) groups is 1. The van der Waals surface area contributed by atoms with E-state index in [4.69, 9.17) is 0 Å². The van der Waals surface area contributed by atoms with Crippen molar-refractivity contribution in [3.63, 3.8) is 0 Å². The maximum absolute atomic E-state index is 12.3. The molecule has 2 heterocycles. The lowest BCUT2D eigenvalue weighted by molar-refractivity contribution is 0.0945. The summed E-state index contributed by atoms with van der Waals surface area (Å²) in [5.74, 6) is 0.321. The van der Waals surface area contributed by atoms with Gasteiger partial charge in [-0.2, -0.15) is 0 Å². The number of hydrogen-bond donors (Lipinski definition) is 2. The lowest BCUT2D eigenvalue weighted by Crippen LogP contribution is -2.24. The molecule has 0 saturated carbocycles. The molecule has 0 saturated heterocycles. The van der Waals surface area contributed by atoms with Crippen LogP contribution in [0.1, 0.15) is 28.5 Å². The molecule has 0 aliphatic rings. The van der Waals surface area contributed by atoms with Crippen LogP contribution in [0.3, 0.4) is 0 Å². The fourth-order valence-corrected chi connectivity index (χ4v) is 2.30. The predicted octanol–water partition coefficient (Wildman–Crippen LogP) is 3.11. The Bertz CT molecular complexity index is 834. The van der Waals surface area contributed by atoms with E-state index in [1.165, 1.54) is 11.9 Å². The van der Waals surface area contributed by atoms with Gasteiger partial charge in [0.05, 0.1) is 0 Å². The Morgan fingerprint density at radius 2 is 1.92 bits per heavy atom. The molecule has 0 aliphatic heterocycles. The van der Waals surface area contributed by atoms with Gasteiger partial charge in [-0.15, -0.1) is 0 Å². The molecule has 2 aromatic heterocycles. The lowest BCUT2D eigenvalue weighted by Gasteiger charge is -2.08. The minimum atomic E-state index is -0.254. The van der Waals surface area contributed by atoms with Crippen LogP contribution in [-0.2, 0) is 13.0 Å². The number of benzene rings is 1. The number of nitrogens with one attached hydrogen (secondary N) is 2. The fraction of sp³-hybridized carbons (Fsp3) is 0.158. The molecule has 1 amide bonds. The van der Waals surface area contributed by atoms with Gasteiger partial charge in [0.2, 0.25) is 0 Å². The summed E-state index contributed by atoms with van der Waals surface area (Å²) in [5.41, 5.74) is 3.42. The Morgan fingerprint density at radius 1 is 1.08 bits per heavy atom. The van der Waals surface area contributed by atoms with Crippen molar-refractivity contribution in [2.24, 2.45) is 0 Å². The number of aryl methyl sites for hydroxylation is 1. The summed E-state index contributed by atoms with van der Waals surface area (Å²) in [5, 5.41) is 6.01. The number of anilines is 2. The first kappa shape index (κ1) is 16.6. The zero-order valence-electron chi connectivity index (χ0n) is 13.9. The van der Waals surface area contributed by atoms with Gasteiger partial charge in [-0.25, -0.2) is 9.97 Å². The minimum absolute atomic E-state index is 0.254. The van der Waals surface area contributed by atoms with Gasteiger partial charge < -0.3 is 10.6 Å². The number of hydrogen-bond acceptors (Lipinski definition) is 5. The van der Waals surface area contributed by atoms with E-state index >= 15 is 0 Å². The largest absolute Gasteiger partial charge is 0.347 e. The molecule has 6 nitrogen and oxygen atoms in total. The smallest absolute Gasteiger partial charge is 0.270 e. The third kappa shape index (κ3) is 4.60. The molecule has 3 aromatic rings. The summed E-state index contributed by atoms with van der Waals surface area (Å²) >= 11 is 0. The van der Waals surface area contributed by atoms with Crippen molar-refractivity contribution in [3.05, 3.63) is 78.0 Å². The molecule has 0 atom stereocenters. The lowest BCUT2D eigenvalue weighted by atomic mass is 10.1. The van der Waals surface area contributed by atoms with Gasteiger partial charge in [0.1, 0.15) is 17.8 Å². The third-order valence-corrected chi connectivity index (χ3v) is 3.71. The van der Waals surface area contributed by atoms with Gasteiger partial charge in [-0.3, -0.25) is 9.78 Å². The van der Waals surface area contributed by atoms with Crippen molar-refractivity contribution in [2.75, 3.05) is 5.32 Å². The quantitative estimate of drug-likeness (QED) is 0.724. The normalized spacial score (nSPS) is 10.3. The summed E-state index contributed by atoms with van der Waals surface area (Å²) < 4.78 is 0. The monoisotopic (exact) mass is 333 g/mol. The predicted molar refractivity (Wildman–Crippen MR) is 96.5 cm³/mol. The maximum atomic E-state index is 12.3. The van der Waals surface area contributed by atoms with Crippen LogP contribution in [-0.4, -0.2) is 20.9 Å². The maximum Gasteiger partial charge on any atom is 0.270 e. The second kappa shape index (κ2) is 8.01. The number of rotatable bonds is 6. The first-order valence-corrected chi connectivity index (χ1v) is 8.09. The van der Waals surface area contributed by atoms with Crippen LogP contribution >= 0.6 is 0 Å². The average molecular weight is 333 g/mol. The summed E-state index contributed by atoms with van der Waals surface area (Å²) in [4.78, 5) is 24.5. The minimum Gasteiger partial charge on any atom is -0.347 e. The van der Waals surface area contributed by atoms with Crippen LogP contribution in [0.5, 0.6) is 0 Å². The van der Waals surface area contributed by atoms with E-state index < -0.39 is 0 Å². The zero-order chi connectivity index (χ0) is 17.5. The van der Waals surface area contributed by atoms with Crippen molar-refractivity contribution < 1.29 is 4.79 Å². The van der Waals surface area contributed by atoms with Crippen LogP contribution in [0.4, 0.5) is 11.5 Å². The average Bonchev–Trinajstić information content (AvgIpc) is 2.68. The van der Waals surface area contributed by atoms with E-state index in [1.807, 2.05) is 24.3 Å². The summed E-state index contributed by atoms with van der Waals surface area (Å²) in [6.07, 6.45) is 5.78. The van der Waals surface area contributed by atoms with Gasteiger partial charge in [0.15, 0.2) is 0 Å². The van der Waals surface area contributed by atoms with Gasteiger partial charge in [0.25, 0.3) is 5.91 Å². The Balaban J connectivity index is 1.64. The van der Waals surface area contributed by atoms with Crippen LogP contribution in [0.25, 0.3) is 0 Å². The SMILES string of the molecule is CCc1ccc(Nc2cc(C(=O)NCc3cccnc3)ncn2)cc1. The molecule has 0 unspecified atom stereocenters. The highest BCUT2D eigenvalue weighted by Crippen LogP contribution is 2.15. The highest BCUT2D eigenvalue weighted by Gasteiger charge is 2.09. The van der Waals surface area contributed by atoms with Crippen molar-refractivity contribution >= 4 is 17.4 Å². The standard InChI is InChI=1S/C19H19N5O/c1-2-14-5-7-16(8-6-14)24-18-10-17(22-13-23-18)19(25)21-12-15-4-3-9-20-11-15/h3-11,13H,2,12H2,1H3,(H,21,25)(H,22,23,24). The Kier molecular flexibility index (Phi) is 5.31. The van der Waals surface area contributed by atoms with Crippen LogP contribution in [0.2, 0.25) is 0 Å². The Labute approximate surface area is 146 Å². The molecular formula is C19H19N5O.